The number of methoxy groups -OCH3 is 1. The van der Waals surface area contributed by atoms with E-state index in [-0.39, 0.29) is 11.1 Å². The monoisotopic (exact) mass is 567 g/mol. The normalized spacial score (nSPS) is 11.8. The topological polar surface area (TPSA) is 149 Å². The number of nitrogens with zero attached hydrogens (tertiary/aromatic N) is 6. The molecule has 1 unspecified atom stereocenters. The molecule has 2 heterocycles. The van der Waals surface area contributed by atoms with E-state index < -0.39 is 12.1 Å². The quantitative estimate of drug-likeness (QED) is 0.257. The summed E-state index contributed by atoms with van der Waals surface area (Å²) in [5.74, 6) is -0.370. The summed E-state index contributed by atoms with van der Waals surface area (Å²) >= 11 is 12.6. The Balaban J connectivity index is 1.54. The third-order valence-corrected chi connectivity index (χ3v) is 6.02. The SMILES string of the molecule is CNCC(NC(=O)/C=C/c1cc(Cl)ccc1-n1cnnn1)c1cc(-c2ccc(NC(=O)OC)cc2)nnc1Cl. The number of tetrazole rings is 1. The van der Waals surface area contributed by atoms with Gasteiger partial charge in [-0.1, -0.05) is 35.3 Å². The van der Waals surface area contributed by atoms with Crippen molar-refractivity contribution in [3.63, 3.8) is 0 Å². The van der Waals surface area contributed by atoms with Crippen LogP contribution < -0.4 is 16.0 Å². The second kappa shape index (κ2) is 12.9. The van der Waals surface area contributed by atoms with Crippen molar-refractivity contribution in [2.24, 2.45) is 0 Å². The zero-order chi connectivity index (χ0) is 27.8. The predicted octanol–water partition coefficient (Wildman–Crippen LogP) is 3.69. The number of hydrogen-bond acceptors (Lipinski definition) is 9. The number of ether oxygens (including phenoxy) is 1. The van der Waals surface area contributed by atoms with E-state index in [1.165, 1.54) is 24.2 Å². The first kappa shape index (κ1) is 27.6. The molecule has 3 N–H and O–H groups in total. The molecular formula is C25H23Cl2N9O3. The highest BCUT2D eigenvalue weighted by atomic mass is 35.5. The fourth-order valence-electron chi connectivity index (χ4n) is 3.64. The van der Waals surface area contributed by atoms with Crippen molar-refractivity contribution in [1.82, 2.24) is 41.0 Å². The van der Waals surface area contributed by atoms with Crippen molar-refractivity contribution in [1.29, 1.82) is 0 Å². The largest absolute Gasteiger partial charge is 0.453 e. The summed E-state index contributed by atoms with van der Waals surface area (Å²) in [4.78, 5) is 24.4. The summed E-state index contributed by atoms with van der Waals surface area (Å²) in [5.41, 5.74) is 3.70. The Hall–Kier alpha value is -4.39. The molecule has 0 bridgehead atoms. The summed E-state index contributed by atoms with van der Waals surface area (Å²) in [6, 6.07) is 13.4. The van der Waals surface area contributed by atoms with Crippen molar-refractivity contribution in [2.45, 2.75) is 6.04 Å². The van der Waals surface area contributed by atoms with Gasteiger partial charge in [-0.15, -0.1) is 15.3 Å². The van der Waals surface area contributed by atoms with Gasteiger partial charge in [0.05, 0.1) is 24.5 Å². The Kier molecular flexibility index (Phi) is 9.15. The second-order valence-corrected chi connectivity index (χ2v) is 8.87. The number of nitrogens with one attached hydrogen (secondary N) is 3. The minimum Gasteiger partial charge on any atom is -0.453 e. The van der Waals surface area contributed by atoms with Crippen LogP contribution in [0.1, 0.15) is 17.2 Å². The van der Waals surface area contributed by atoms with Gasteiger partial charge in [0.1, 0.15) is 6.33 Å². The smallest absolute Gasteiger partial charge is 0.411 e. The van der Waals surface area contributed by atoms with Crippen LogP contribution in [-0.2, 0) is 9.53 Å². The van der Waals surface area contributed by atoms with Gasteiger partial charge in [-0.05, 0) is 59.9 Å². The van der Waals surface area contributed by atoms with Crippen LogP contribution in [-0.4, -0.2) is 63.1 Å². The van der Waals surface area contributed by atoms with Crippen LogP contribution in [0, 0.1) is 0 Å². The molecule has 14 heteroatoms. The van der Waals surface area contributed by atoms with Crippen LogP contribution >= 0.6 is 23.2 Å². The number of benzene rings is 2. The Morgan fingerprint density at radius 2 is 1.90 bits per heavy atom. The van der Waals surface area contributed by atoms with Crippen molar-refractivity contribution >= 4 is 47.0 Å². The first-order valence-electron chi connectivity index (χ1n) is 11.5. The van der Waals surface area contributed by atoms with Crippen LogP contribution in [0.3, 0.4) is 0 Å². The van der Waals surface area contributed by atoms with E-state index in [9.17, 15) is 9.59 Å². The molecule has 2 aromatic carbocycles. The third kappa shape index (κ3) is 7.13. The molecule has 4 rings (SSSR count). The molecule has 1 atom stereocenters. The summed E-state index contributed by atoms with van der Waals surface area (Å²) in [7, 11) is 3.05. The number of aromatic nitrogens is 6. The molecule has 39 heavy (non-hydrogen) atoms. The van der Waals surface area contributed by atoms with Gasteiger partial charge in [-0.2, -0.15) is 4.68 Å². The highest BCUT2D eigenvalue weighted by Gasteiger charge is 2.19. The molecular weight excluding hydrogens is 545 g/mol. The number of likely N-dealkylation sites (N-methyl/N-ethyl adjacent to an activating group) is 1. The van der Waals surface area contributed by atoms with Crippen molar-refractivity contribution in [3.05, 3.63) is 82.2 Å². The average molecular weight is 568 g/mol. The molecule has 0 aliphatic rings. The fourth-order valence-corrected chi connectivity index (χ4v) is 4.04. The zero-order valence-corrected chi connectivity index (χ0v) is 22.3. The van der Waals surface area contributed by atoms with Gasteiger partial charge < -0.3 is 15.4 Å². The number of halogens is 2. The molecule has 2 aromatic heterocycles. The molecule has 0 saturated carbocycles. The highest BCUT2D eigenvalue weighted by Crippen LogP contribution is 2.27. The lowest BCUT2D eigenvalue weighted by atomic mass is 10.0. The average Bonchev–Trinajstić information content (AvgIpc) is 3.47. The van der Waals surface area contributed by atoms with E-state index in [2.05, 4.69) is 46.4 Å². The third-order valence-electron chi connectivity index (χ3n) is 5.49. The van der Waals surface area contributed by atoms with E-state index in [4.69, 9.17) is 23.2 Å². The molecule has 0 aliphatic carbocycles. The molecule has 0 spiro atoms. The first-order chi connectivity index (χ1) is 18.9. The maximum atomic E-state index is 12.9. The van der Waals surface area contributed by atoms with Crippen LogP contribution in [0.15, 0.2) is 60.9 Å². The minimum atomic E-state index is -0.571. The Labute approximate surface area is 233 Å². The van der Waals surface area contributed by atoms with Crippen molar-refractivity contribution in [3.8, 4) is 16.9 Å². The van der Waals surface area contributed by atoms with Gasteiger partial charge in [0, 0.05) is 40.0 Å². The summed E-state index contributed by atoms with van der Waals surface area (Å²) in [6.45, 7) is 0.374. The molecule has 0 saturated heterocycles. The second-order valence-electron chi connectivity index (χ2n) is 8.08. The van der Waals surface area contributed by atoms with E-state index >= 15 is 0 Å². The maximum Gasteiger partial charge on any atom is 0.411 e. The maximum absolute atomic E-state index is 12.9. The molecule has 0 radical (unpaired) electrons. The summed E-state index contributed by atoms with van der Waals surface area (Å²) in [5, 5.41) is 28.7. The van der Waals surface area contributed by atoms with Crippen molar-refractivity contribution in [2.75, 3.05) is 26.0 Å². The fraction of sp³-hybridized carbons (Fsp3) is 0.160. The Morgan fingerprint density at radius 3 is 2.59 bits per heavy atom. The highest BCUT2D eigenvalue weighted by molar-refractivity contribution is 6.31. The number of rotatable bonds is 9. The van der Waals surface area contributed by atoms with E-state index in [0.29, 0.717) is 39.8 Å². The molecule has 200 valence electrons. The molecule has 0 aliphatic heterocycles. The zero-order valence-electron chi connectivity index (χ0n) is 20.8. The number of carbonyl (C=O) groups excluding carboxylic acids is 2. The van der Waals surface area contributed by atoms with Crippen LogP contribution in [0.4, 0.5) is 10.5 Å². The number of anilines is 1. The summed E-state index contributed by atoms with van der Waals surface area (Å²) < 4.78 is 6.07. The van der Waals surface area contributed by atoms with E-state index in [1.54, 1.807) is 61.7 Å². The molecule has 0 fully saturated rings. The lowest BCUT2D eigenvalue weighted by molar-refractivity contribution is -0.117. The van der Waals surface area contributed by atoms with Crippen LogP contribution in [0.5, 0.6) is 0 Å². The first-order valence-corrected chi connectivity index (χ1v) is 12.3. The number of hydrogen-bond donors (Lipinski definition) is 3. The molecule has 2 amide bonds. The summed E-state index contributed by atoms with van der Waals surface area (Å²) in [6.07, 6.45) is 3.88. The molecule has 12 nitrogen and oxygen atoms in total. The van der Waals surface area contributed by atoms with Gasteiger partial charge >= 0.3 is 6.09 Å². The number of carbonyl (C=O) groups is 2. The minimum absolute atomic E-state index is 0.156. The van der Waals surface area contributed by atoms with E-state index in [1.807, 2.05) is 0 Å². The van der Waals surface area contributed by atoms with Crippen molar-refractivity contribution < 1.29 is 14.3 Å². The van der Waals surface area contributed by atoms with Gasteiger partial charge in [0.15, 0.2) is 5.15 Å². The van der Waals surface area contributed by atoms with Crippen LogP contribution in [0.2, 0.25) is 10.2 Å². The number of amides is 2. The van der Waals surface area contributed by atoms with E-state index in [0.717, 1.165) is 5.56 Å². The van der Waals surface area contributed by atoms with Gasteiger partial charge in [0.2, 0.25) is 5.91 Å². The van der Waals surface area contributed by atoms with Gasteiger partial charge in [-0.3, -0.25) is 10.1 Å². The Morgan fingerprint density at radius 1 is 1.10 bits per heavy atom. The standard InChI is InChI=1S/C25H23Cl2N9O3/c1-28-13-21(31-23(37)10-5-16-11-17(26)6-9-22(16)36-14-29-34-35-36)19-12-20(32-33-24(19)27)15-3-7-18(8-4-15)30-25(38)39-2/h3-12,14,21,28H,13H2,1-2H3,(H,30,38)(H,31,37)/b10-5+. The van der Waals surface area contributed by atoms with Gasteiger partial charge in [0.25, 0.3) is 0 Å². The van der Waals surface area contributed by atoms with Gasteiger partial charge in [-0.25, -0.2) is 4.79 Å². The lowest BCUT2D eigenvalue weighted by Crippen LogP contribution is -2.34. The Bertz CT molecular complexity index is 1480. The lowest BCUT2D eigenvalue weighted by Gasteiger charge is -2.19. The predicted molar refractivity (Wildman–Crippen MR) is 147 cm³/mol. The molecule has 4 aromatic rings. The van der Waals surface area contributed by atoms with Crippen LogP contribution in [0.25, 0.3) is 23.0 Å².